The summed E-state index contributed by atoms with van der Waals surface area (Å²) >= 11 is 0. The number of ether oxygens (including phenoxy) is 1. The van der Waals surface area contributed by atoms with Gasteiger partial charge in [0.15, 0.2) is 0 Å². The van der Waals surface area contributed by atoms with Gasteiger partial charge in [-0.2, -0.15) is 0 Å². The molecule has 2 aromatic carbocycles. The molecule has 0 aliphatic heterocycles. The van der Waals surface area contributed by atoms with Crippen molar-refractivity contribution in [3.05, 3.63) is 65.5 Å². The highest BCUT2D eigenvalue weighted by Crippen LogP contribution is 2.48. The van der Waals surface area contributed by atoms with Crippen molar-refractivity contribution in [2.45, 2.75) is 19.3 Å². The van der Waals surface area contributed by atoms with Crippen LogP contribution in [0, 0.1) is 11.7 Å². The van der Waals surface area contributed by atoms with Gasteiger partial charge in [-0.15, -0.1) is 0 Å². The van der Waals surface area contributed by atoms with Crippen molar-refractivity contribution in [3.63, 3.8) is 0 Å². The lowest BCUT2D eigenvalue weighted by molar-refractivity contribution is 0.0514. The minimum Gasteiger partial charge on any atom is -0.497 e. The zero-order chi connectivity index (χ0) is 17.1. The van der Waals surface area contributed by atoms with Gasteiger partial charge in [-0.3, -0.25) is 0 Å². The fourth-order valence-corrected chi connectivity index (χ4v) is 2.72. The van der Waals surface area contributed by atoms with Crippen molar-refractivity contribution in [3.8, 4) is 5.75 Å². The summed E-state index contributed by atoms with van der Waals surface area (Å²) in [6.07, 6.45) is 0.928. The molecule has 1 aliphatic rings. The summed E-state index contributed by atoms with van der Waals surface area (Å²) in [4.78, 5) is 17.1. The van der Waals surface area contributed by atoms with Gasteiger partial charge < -0.3 is 9.57 Å². The fraction of sp³-hybridized carbons (Fsp3) is 0.263. The number of carbonyl (C=O) groups excluding carboxylic acids is 1. The Labute approximate surface area is 139 Å². The molecule has 3 rings (SSSR count). The van der Waals surface area contributed by atoms with Gasteiger partial charge in [0.05, 0.1) is 18.4 Å². The van der Waals surface area contributed by atoms with Crippen LogP contribution in [0.25, 0.3) is 0 Å². The summed E-state index contributed by atoms with van der Waals surface area (Å²) in [7, 11) is 1.54. The van der Waals surface area contributed by atoms with Crippen molar-refractivity contribution in [2.75, 3.05) is 7.11 Å². The Morgan fingerprint density at radius 3 is 2.67 bits per heavy atom. The first-order valence-electron chi connectivity index (χ1n) is 7.74. The van der Waals surface area contributed by atoms with Crippen LogP contribution in [0.15, 0.2) is 53.7 Å². The molecule has 2 aromatic rings. The van der Waals surface area contributed by atoms with Crippen LogP contribution in [0.1, 0.15) is 35.2 Å². The van der Waals surface area contributed by atoms with Gasteiger partial charge in [-0.05, 0) is 55.2 Å². The van der Waals surface area contributed by atoms with Gasteiger partial charge in [0.25, 0.3) is 0 Å². The molecular formula is C19H18FNO3. The minimum absolute atomic E-state index is 0.230. The van der Waals surface area contributed by atoms with Gasteiger partial charge in [0, 0.05) is 5.92 Å². The molecule has 0 radical (unpaired) electrons. The van der Waals surface area contributed by atoms with Crippen LogP contribution >= 0.6 is 0 Å². The van der Waals surface area contributed by atoms with E-state index >= 15 is 0 Å². The average molecular weight is 327 g/mol. The number of nitrogens with zero attached hydrogens (tertiary/aromatic N) is 1. The third-order valence-electron chi connectivity index (χ3n) is 4.20. The SMILES string of the molecule is COc1cccc(C(=O)O/N=C(\C)C2CC2c2ccc(F)cc2)c1. The van der Waals surface area contributed by atoms with Crippen molar-refractivity contribution in [2.24, 2.45) is 11.1 Å². The average Bonchev–Trinajstić information content (AvgIpc) is 3.41. The lowest BCUT2D eigenvalue weighted by atomic mass is 10.1. The molecule has 0 spiro atoms. The van der Waals surface area contributed by atoms with E-state index in [1.807, 2.05) is 6.92 Å². The highest BCUT2D eigenvalue weighted by Gasteiger charge is 2.40. The van der Waals surface area contributed by atoms with Crippen LogP contribution in [0.2, 0.25) is 0 Å². The van der Waals surface area contributed by atoms with E-state index in [0.29, 0.717) is 17.2 Å². The van der Waals surface area contributed by atoms with E-state index in [1.165, 1.54) is 19.2 Å². The zero-order valence-corrected chi connectivity index (χ0v) is 13.5. The molecule has 0 bridgehead atoms. The second kappa shape index (κ2) is 6.83. The van der Waals surface area contributed by atoms with E-state index in [4.69, 9.17) is 9.57 Å². The number of hydrogen-bond donors (Lipinski definition) is 0. The van der Waals surface area contributed by atoms with Crippen LogP contribution in [0.3, 0.4) is 0 Å². The number of halogens is 1. The van der Waals surface area contributed by atoms with Crippen LogP contribution in [0.5, 0.6) is 5.75 Å². The van der Waals surface area contributed by atoms with Crippen LogP contribution in [0.4, 0.5) is 4.39 Å². The highest BCUT2D eigenvalue weighted by atomic mass is 19.1. The first-order valence-corrected chi connectivity index (χ1v) is 7.74. The Bertz CT molecular complexity index is 770. The van der Waals surface area contributed by atoms with Crippen molar-refractivity contribution >= 4 is 11.7 Å². The maximum Gasteiger partial charge on any atom is 0.365 e. The topological polar surface area (TPSA) is 47.9 Å². The number of methoxy groups -OCH3 is 1. The highest BCUT2D eigenvalue weighted by molar-refractivity contribution is 5.92. The number of benzene rings is 2. The lowest BCUT2D eigenvalue weighted by Gasteiger charge is -2.03. The minimum atomic E-state index is -0.521. The molecule has 1 fully saturated rings. The van der Waals surface area contributed by atoms with Crippen molar-refractivity contribution in [1.82, 2.24) is 0 Å². The molecule has 5 heteroatoms. The predicted molar refractivity (Wildman–Crippen MR) is 88.8 cm³/mol. The quantitative estimate of drug-likeness (QED) is 0.470. The molecule has 2 atom stereocenters. The summed E-state index contributed by atoms with van der Waals surface area (Å²) in [6.45, 7) is 1.84. The monoisotopic (exact) mass is 327 g/mol. The van der Waals surface area contributed by atoms with Crippen molar-refractivity contribution < 1.29 is 18.8 Å². The van der Waals surface area contributed by atoms with Crippen LogP contribution in [-0.4, -0.2) is 18.8 Å². The standard InChI is InChI=1S/C19H18FNO3/c1-12(17-11-18(17)13-6-8-15(20)9-7-13)21-24-19(22)14-4-3-5-16(10-14)23-2/h3-10,17-18H,11H2,1-2H3/b21-12+. The molecule has 24 heavy (non-hydrogen) atoms. The first kappa shape index (κ1) is 16.2. The molecule has 2 unspecified atom stereocenters. The number of hydrogen-bond acceptors (Lipinski definition) is 4. The first-order chi connectivity index (χ1) is 11.6. The lowest BCUT2D eigenvalue weighted by Crippen LogP contribution is -2.05. The molecule has 0 N–H and O–H groups in total. The smallest absolute Gasteiger partial charge is 0.365 e. The largest absolute Gasteiger partial charge is 0.497 e. The molecule has 124 valence electrons. The number of oxime groups is 1. The summed E-state index contributed by atoms with van der Waals surface area (Å²) in [5.41, 5.74) is 2.23. The maximum atomic E-state index is 13.0. The number of rotatable bonds is 5. The molecule has 4 nitrogen and oxygen atoms in total. The van der Waals surface area contributed by atoms with E-state index in [0.717, 1.165) is 17.7 Å². The summed E-state index contributed by atoms with van der Waals surface area (Å²) in [6, 6.07) is 13.2. The third kappa shape index (κ3) is 3.62. The Morgan fingerprint density at radius 1 is 1.21 bits per heavy atom. The number of carbonyl (C=O) groups is 1. The van der Waals surface area contributed by atoms with E-state index in [9.17, 15) is 9.18 Å². The van der Waals surface area contributed by atoms with Crippen LogP contribution in [-0.2, 0) is 4.84 Å². The van der Waals surface area contributed by atoms with Gasteiger partial charge >= 0.3 is 5.97 Å². The summed E-state index contributed by atoms with van der Waals surface area (Å²) in [5, 5.41) is 3.96. The summed E-state index contributed by atoms with van der Waals surface area (Å²) in [5.74, 6) is 0.364. The Kier molecular flexibility index (Phi) is 4.60. The Hall–Kier alpha value is -2.69. The zero-order valence-electron chi connectivity index (χ0n) is 13.5. The van der Waals surface area contributed by atoms with E-state index in [1.54, 1.807) is 36.4 Å². The predicted octanol–water partition coefficient (Wildman–Crippen LogP) is 4.17. The fourth-order valence-electron chi connectivity index (χ4n) is 2.72. The molecule has 1 saturated carbocycles. The second-order valence-corrected chi connectivity index (χ2v) is 5.84. The second-order valence-electron chi connectivity index (χ2n) is 5.84. The Morgan fingerprint density at radius 2 is 1.96 bits per heavy atom. The molecule has 0 aromatic heterocycles. The van der Waals surface area contributed by atoms with Gasteiger partial charge in [-0.1, -0.05) is 23.4 Å². The summed E-state index contributed by atoms with van der Waals surface area (Å²) < 4.78 is 18.0. The molecular weight excluding hydrogens is 309 g/mol. The van der Waals surface area contributed by atoms with Gasteiger partial charge in [0.1, 0.15) is 11.6 Å². The van der Waals surface area contributed by atoms with E-state index < -0.39 is 5.97 Å². The van der Waals surface area contributed by atoms with Gasteiger partial charge in [0.2, 0.25) is 0 Å². The molecule has 0 saturated heterocycles. The molecule has 0 heterocycles. The normalized spacial score (nSPS) is 19.7. The van der Waals surface area contributed by atoms with Crippen LogP contribution < -0.4 is 4.74 Å². The third-order valence-corrected chi connectivity index (χ3v) is 4.20. The van der Waals surface area contributed by atoms with Gasteiger partial charge in [-0.25, -0.2) is 9.18 Å². The van der Waals surface area contributed by atoms with E-state index in [2.05, 4.69) is 5.16 Å². The Balaban J connectivity index is 1.60. The van der Waals surface area contributed by atoms with E-state index in [-0.39, 0.29) is 11.7 Å². The molecule has 1 aliphatic carbocycles. The maximum absolute atomic E-state index is 13.0. The molecule has 0 amide bonds. The van der Waals surface area contributed by atoms with Crippen molar-refractivity contribution in [1.29, 1.82) is 0 Å².